The van der Waals surface area contributed by atoms with E-state index in [1.807, 2.05) is 6.33 Å². The van der Waals surface area contributed by atoms with E-state index in [2.05, 4.69) is 50.4 Å². The quantitative estimate of drug-likeness (QED) is 0.733. The van der Waals surface area contributed by atoms with Crippen molar-refractivity contribution < 1.29 is 0 Å². The van der Waals surface area contributed by atoms with Gasteiger partial charge in [-0.05, 0) is 13.3 Å². The maximum Gasteiger partial charge on any atom is 0.0952 e. The normalized spacial score (nSPS) is 14.2. The fourth-order valence-electron chi connectivity index (χ4n) is 1.61. The van der Waals surface area contributed by atoms with Crippen molar-refractivity contribution in [2.45, 2.75) is 65.3 Å². The first-order chi connectivity index (χ1) is 6.95. The van der Waals surface area contributed by atoms with Crippen LogP contribution in [0, 0.1) is 0 Å². The lowest BCUT2D eigenvalue weighted by atomic mass is 9.93. The van der Waals surface area contributed by atoms with Crippen LogP contribution in [-0.4, -0.2) is 9.55 Å². The maximum atomic E-state index is 4.48. The van der Waals surface area contributed by atoms with E-state index in [4.69, 9.17) is 0 Å². The number of hydrogen-bond acceptors (Lipinski definition) is 1. The summed E-state index contributed by atoms with van der Waals surface area (Å²) in [4.78, 5) is 4.48. The molecule has 2 heteroatoms. The lowest BCUT2D eigenvalue weighted by Gasteiger charge is -2.15. The molecular weight excluding hydrogens is 184 g/mol. The van der Waals surface area contributed by atoms with E-state index in [1.165, 1.54) is 25.0 Å². The Morgan fingerprint density at radius 2 is 2.07 bits per heavy atom. The highest BCUT2D eigenvalue weighted by atomic mass is 15.1. The Hall–Kier alpha value is -0.790. The molecule has 0 N–H and O–H groups in total. The van der Waals surface area contributed by atoms with Crippen LogP contribution in [0.2, 0.25) is 0 Å². The minimum absolute atomic E-state index is 0.162. The van der Waals surface area contributed by atoms with Crippen LogP contribution in [0.25, 0.3) is 0 Å². The Morgan fingerprint density at radius 3 is 2.53 bits per heavy atom. The molecule has 1 atom stereocenters. The topological polar surface area (TPSA) is 17.8 Å². The molecule has 0 aromatic carbocycles. The summed E-state index contributed by atoms with van der Waals surface area (Å²) in [5, 5.41) is 0. The molecule has 2 nitrogen and oxygen atoms in total. The molecule has 0 fully saturated rings. The number of rotatable bonds is 4. The first-order valence-electron chi connectivity index (χ1n) is 5.99. The van der Waals surface area contributed by atoms with Gasteiger partial charge in [-0.2, -0.15) is 0 Å². The van der Waals surface area contributed by atoms with Gasteiger partial charge in [-0.3, -0.25) is 0 Å². The highest BCUT2D eigenvalue weighted by molar-refractivity contribution is 5.09. The van der Waals surface area contributed by atoms with Crippen LogP contribution in [0.1, 0.15) is 65.6 Å². The first-order valence-corrected chi connectivity index (χ1v) is 5.99. The third-order valence-electron chi connectivity index (χ3n) is 2.85. The van der Waals surface area contributed by atoms with Gasteiger partial charge in [0, 0.05) is 17.7 Å². The van der Waals surface area contributed by atoms with Crippen molar-refractivity contribution in [3.63, 3.8) is 0 Å². The Bertz CT molecular complexity index is 294. The van der Waals surface area contributed by atoms with Crippen LogP contribution >= 0.6 is 0 Å². The molecule has 0 aliphatic heterocycles. The van der Waals surface area contributed by atoms with Gasteiger partial charge in [-0.15, -0.1) is 0 Å². The predicted molar refractivity (Wildman–Crippen MR) is 65.2 cm³/mol. The summed E-state index contributed by atoms with van der Waals surface area (Å²) >= 11 is 0. The molecule has 15 heavy (non-hydrogen) atoms. The largest absolute Gasteiger partial charge is 0.334 e. The number of nitrogens with zero attached hydrogens (tertiary/aromatic N) is 2. The summed E-state index contributed by atoms with van der Waals surface area (Å²) < 4.78 is 2.25. The summed E-state index contributed by atoms with van der Waals surface area (Å²) in [6, 6.07) is 0.577. The van der Waals surface area contributed by atoms with E-state index in [1.54, 1.807) is 0 Å². The number of imidazole rings is 1. The van der Waals surface area contributed by atoms with Gasteiger partial charge in [0.05, 0.1) is 12.0 Å². The molecule has 0 amide bonds. The zero-order valence-corrected chi connectivity index (χ0v) is 10.7. The van der Waals surface area contributed by atoms with E-state index in [9.17, 15) is 0 Å². The highest BCUT2D eigenvalue weighted by Crippen LogP contribution is 2.22. The van der Waals surface area contributed by atoms with Crippen molar-refractivity contribution in [3.05, 3.63) is 18.2 Å². The lowest BCUT2D eigenvalue weighted by molar-refractivity contribution is 0.483. The van der Waals surface area contributed by atoms with Crippen molar-refractivity contribution >= 4 is 0 Å². The standard InChI is InChI=1S/C13H24N2/c1-6-7-8-11(2)15-9-12(14-10-15)13(3,4)5/h9-11H,6-8H2,1-5H3. The molecule has 0 saturated heterocycles. The molecule has 86 valence electrons. The molecule has 1 aromatic heterocycles. The third kappa shape index (κ3) is 3.37. The zero-order valence-electron chi connectivity index (χ0n) is 10.7. The minimum Gasteiger partial charge on any atom is -0.334 e. The second kappa shape index (κ2) is 4.82. The summed E-state index contributed by atoms with van der Waals surface area (Å²) in [6.45, 7) is 11.1. The molecule has 0 spiro atoms. The summed E-state index contributed by atoms with van der Waals surface area (Å²) in [7, 11) is 0. The van der Waals surface area contributed by atoms with Crippen molar-refractivity contribution in [3.8, 4) is 0 Å². The Balaban J connectivity index is 2.67. The third-order valence-corrected chi connectivity index (χ3v) is 2.85. The molecule has 1 unspecified atom stereocenters. The summed E-state index contributed by atoms with van der Waals surface area (Å²) in [6.07, 6.45) is 7.98. The van der Waals surface area contributed by atoms with Gasteiger partial charge < -0.3 is 4.57 Å². The van der Waals surface area contributed by atoms with E-state index >= 15 is 0 Å². The van der Waals surface area contributed by atoms with Gasteiger partial charge in [-0.1, -0.05) is 40.5 Å². The number of aromatic nitrogens is 2. The molecular formula is C13H24N2. The van der Waals surface area contributed by atoms with Gasteiger partial charge in [0.25, 0.3) is 0 Å². The maximum absolute atomic E-state index is 4.48. The summed E-state index contributed by atoms with van der Waals surface area (Å²) in [5.74, 6) is 0. The zero-order chi connectivity index (χ0) is 11.5. The average molecular weight is 208 g/mol. The number of unbranched alkanes of at least 4 members (excludes halogenated alkanes) is 1. The Kier molecular flexibility index (Phi) is 3.95. The van der Waals surface area contributed by atoms with Gasteiger partial charge in [0.1, 0.15) is 0 Å². The van der Waals surface area contributed by atoms with Crippen LogP contribution < -0.4 is 0 Å². The number of hydrogen-bond donors (Lipinski definition) is 0. The second-order valence-electron chi connectivity index (χ2n) is 5.45. The van der Waals surface area contributed by atoms with Gasteiger partial charge >= 0.3 is 0 Å². The van der Waals surface area contributed by atoms with Crippen LogP contribution in [0.15, 0.2) is 12.5 Å². The van der Waals surface area contributed by atoms with E-state index in [0.29, 0.717) is 6.04 Å². The van der Waals surface area contributed by atoms with Gasteiger partial charge in [0.2, 0.25) is 0 Å². The monoisotopic (exact) mass is 208 g/mol. The molecule has 0 bridgehead atoms. The van der Waals surface area contributed by atoms with Gasteiger partial charge in [-0.25, -0.2) is 4.98 Å². The predicted octanol–water partition coefficient (Wildman–Crippen LogP) is 3.93. The lowest BCUT2D eigenvalue weighted by Crippen LogP contribution is -2.11. The molecule has 1 heterocycles. The van der Waals surface area contributed by atoms with E-state index in [0.717, 1.165) is 0 Å². The van der Waals surface area contributed by atoms with Crippen LogP contribution in [-0.2, 0) is 5.41 Å². The van der Waals surface area contributed by atoms with Crippen molar-refractivity contribution in [1.82, 2.24) is 9.55 Å². The smallest absolute Gasteiger partial charge is 0.0952 e. The molecule has 0 aliphatic rings. The highest BCUT2D eigenvalue weighted by Gasteiger charge is 2.17. The van der Waals surface area contributed by atoms with Crippen molar-refractivity contribution in [2.24, 2.45) is 0 Å². The molecule has 1 aromatic rings. The van der Waals surface area contributed by atoms with Crippen LogP contribution in [0.4, 0.5) is 0 Å². The average Bonchev–Trinajstić information content (AvgIpc) is 2.62. The van der Waals surface area contributed by atoms with Crippen molar-refractivity contribution in [2.75, 3.05) is 0 Å². The fourth-order valence-corrected chi connectivity index (χ4v) is 1.61. The molecule has 1 rings (SSSR count). The van der Waals surface area contributed by atoms with Crippen LogP contribution in [0.3, 0.4) is 0 Å². The fraction of sp³-hybridized carbons (Fsp3) is 0.769. The van der Waals surface area contributed by atoms with Gasteiger partial charge in [0.15, 0.2) is 0 Å². The molecule has 0 radical (unpaired) electrons. The minimum atomic E-state index is 0.162. The SMILES string of the molecule is CCCCC(C)n1cnc(C(C)(C)C)c1. The summed E-state index contributed by atoms with van der Waals surface area (Å²) in [5.41, 5.74) is 1.35. The van der Waals surface area contributed by atoms with E-state index < -0.39 is 0 Å². The van der Waals surface area contributed by atoms with Crippen molar-refractivity contribution in [1.29, 1.82) is 0 Å². The van der Waals surface area contributed by atoms with E-state index in [-0.39, 0.29) is 5.41 Å². The first kappa shape index (κ1) is 12.3. The Labute approximate surface area is 93.7 Å². The van der Waals surface area contributed by atoms with Crippen LogP contribution in [0.5, 0.6) is 0 Å². The molecule has 0 aliphatic carbocycles. The molecule has 0 saturated carbocycles. The second-order valence-corrected chi connectivity index (χ2v) is 5.45. The Morgan fingerprint density at radius 1 is 1.40 bits per heavy atom.